The molecule has 4 nitrogen and oxygen atoms in total. The number of carbonyl (C=O) groups is 1. The van der Waals surface area contributed by atoms with Gasteiger partial charge in [0.1, 0.15) is 11.5 Å². The van der Waals surface area contributed by atoms with E-state index in [4.69, 9.17) is 4.52 Å². The lowest BCUT2D eigenvalue weighted by molar-refractivity contribution is -0.123. The van der Waals surface area contributed by atoms with Crippen LogP contribution >= 0.6 is 0 Å². The maximum absolute atomic E-state index is 11.5. The van der Waals surface area contributed by atoms with Crippen LogP contribution in [0.1, 0.15) is 38.6 Å². The molecule has 4 heteroatoms. The Morgan fingerprint density at radius 2 is 2.20 bits per heavy atom. The predicted molar refractivity (Wildman–Crippen MR) is 57.2 cm³/mol. The van der Waals surface area contributed by atoms with Crippen LogP contribution in [-0.2, 0) is 11.3 Å². The van der Waals surface area contributed by atoms with Crippen molar-refractivity contribution in [2.24, 2.45) is 5.41 Å². The second kappa shape index (κ2) is 4.47. The Morgan fingerprint density at radius 1 is 1.53 bits per heavy atom. The maximum Gasteiger partial charge on any atom is 0.220 e. The molecule has 0 radical (unpaired) electrons. The smallest absolute Gasteiger partial charge is 0.220 e. The second-order valence-electron chi connectivity index (χ2n) is 4.94. The molecule has 0 unspecified atom stereocenters. The van der Waals surface area contributed by atoms with E-state index in [0.717, 1.165) is 11.5 Å². The molecule has 1 N–H and O–H groups in total. The first-order valence-electron chi connectivity index (χ1n) is 5.06. The van der Waals surface area contributed by atoms with Crippen molar-refractivity contribution in [2.45, 2.75) is 40.7 Å². The number of nitrogens with one attached hydrogen (secondary N) is 1. The van der Waals surface area contributed by atoms with E-state index in [1.165, 1.54) is 0 Å². The molecule has 0 fully saturated rings. The summed E-state index contributed by atoms with van der Waals surface area (Å²) in [6, 6.07) is 1.82. The van der Waals surface area contributed by atoms with Crippen LogP contribution in [0.5, 0.6) is 0 Å². The quantitative estimate of drug-likeness (QED) is 0.830. The molecule has 0 bridgehead atoms. The highest BCUT2D eigenvalue weighted by molar-refractivity contribution is 5.76. The average molecular weight is 210 g/mol. The minimum atomic E-state index is 0.0177. The molecular weight excluding hydrogens is 192 g/mol. The van der Waals surface area contributed by atoms with Crippen molar-refractivity contribution in [3.05, 3.63) is 17.5 Å². The zero-order chi connectivity index (χ0) is 11.5. The van der Waals surface area contributed by atoms with Crippen LogP contribution in [0.25, 0.3) is 0 Å². The van der Waals surface area contributed by atoms with Gasteiger partial charge in [-0.15, -0.1) is 0 Å². The van der Waals surface area contributed by atoms with Gasteiger partial charge >= 0.3 is 0 Å². The Kier molecular flexibility index (Phi) is 3.50. The van der Waals surface area contributed by atoms with Crippen molar-refractivity contribution in [1.82, 2.24) is 10.5 Å². The van der Waals surface area contributed by atoms with E-state index in [-0.39, 0.29) is 11.3 Å². The van der Waals surface area contributed by atoms with E-state index in [9.17, 15) is 4.79 Å². The summed E-state index contributed by atoms with van der Waals surface area (Å²) in [4.78, 5) is 11.5. The summed E-state index contributed by atoms with van der Waals surface area (Å²) in [7, 11) is 0. The highest BCUT2D eigenvalue weighted by Crippen LogP contribution is 2.17. The molecular formula is C11H18N2O2. The Bertz CT molecular complexity index is 337. The molecule has 0 aromatic carbocycles. The summed E-state index contributed by atoms with van der Waals surface area (Å²) in [5.41, 5.74) is 0.777. The Hall–Kier alpha value is -1.32. The summed E-state index contributed by atoms with van der Waals surface area (Å²) in [6.45, 7) is 8.37. The van der Waals surface area contributed by atoms with Gasteiger partial charge in [0.2, 0.25) is 5.91 Å². The number of aryl methyl sites for hydroxylation is 1. The molecule has 0 spiro atoms. The second-order valence-corrected chi connectivity index (χ2v) is 4.94. The zero-order valence-electron chi connectivity index (χ0n) is 9.76. The summed E-state index contributed by atoms with van der Waals surface area (Å²) >= 11 is 0. The summed E-state index contributed by atoms with van der Waals surface area (Å²) in [6.07, 6.45) is 0.518. The molecule has 0 aliphatic heterocycles. The SMILES string of the molecule is Cc1cc(CNC(=O)CC(C)(C)C)no1. The van der Waals surface area contributed by atoms with E-state index in [0.29, 0.717) is 13.0 Å². The van der Waals surface area contributed by atoms with Gasteiger partial charge < -0.3 is 9.84 Å². The number of hydrogen-bond donors (Lipinski definition) is 1. The minimum Gasteiger partial charge on any atom is -0.361 e. The highest BCUT2D eigenvalue weighted by Gasteiger charge is 2.15. The van der Waals surface area contributed by atoms with Gasteiger partial charge in [-0.3, -0.25) is 4.79 Å². The van der Waals surface area contributed by atoms with Gasteiger partial charge in [-0.2, -0.15) is 0 Å². The van der Waals surface area contributed by atoms with Gasteiger partial charge in [0.05, 0.1) is 6.54 Å². The normalized spacial score (nSPS) is 11.5. The first-order chi connectivity index (χ1) is 6.87. The van der Waals surface area contributed by atoms with Crippen molar-refractivity contribution in [3.63, 3.8) is 0 Å². The monoisotopic (exact) mass is 210 g/mol. The number of amides is 1. The number of nitrogens with zero attached hydrogens (tertiary/aromatic N) is 1. The van der Waals surface area contributed by atoms with Gasteiger partial charge in [-0.25, -0.2) is 0 Å². The van der Waals surface area contributed by atoms with Gasteiger partial charge in [0.25, 0.3) is 0 Å². The van der Waals surface area contributed by atoms with Gasteiger partial charge in [0, 0.05) is 12.5 Å². The zero-order valence-corrected chi connectivity index (χ0v) is 9.76. The van der Waals surface area contributed by atoms with Crippen LogP contribution in [0.2, 0.25) is 0 Å². The number of carbonyl (C=O) groups excluding carboxylic acids is 1. The number of aromatic nitrogens is 1. The fourth-order valence-electron chi connectivity index (χ4n) is 1.23. The molecule has 84 valence electrons. The first-order valence-corrected chi connectivity index (χ1v) is 5.06. The van der Waals surface area contributed by atoms with Crippen molar-refractivity contribution in [2.75, 3.05) is 0 Å². The van der Waals surface area contributed by atoms with Gasteiger partial charge in [-0.05, 0) is 12.3 Å². The van der Waals surface area contributed by atoms with Crippen LogP contribution in [0.15, 0.2) is 10.6 Å². The van der Waals surface area contributed by atoms with Crippen molar-refractivity contribution in [1.29, 1.82) is 0 Å². The molecule has 0 saturated carbocycles. The van der Waals surface area contributed by atoms with E-state index in [1.54, 1.807) is 0 Å². The lowest BCUT2D eigenvalue weighted by Gasteiger charge is -2.16. The Labute approximate surface area is 90.0 Å². The van der Waals surface area contributed by atoms with Crippen molar-refractivity contribution >= 4 is 5.91 Å². The van der Waals surface area contributed by atoms with Crippen molar-refractivity contribution < 1.29 is 9.32 Å². The van der Waals surface area contributed by atoms with Gasteiger partial charge in [-0.1, -0.05) is 25.9 Å². The van der Waals surface area contributed by atoms with Crippen LogP contribution in [-0.4, -0.2) is 11.1 Å². The van der Waals surface area contributed by atoms with Crippen LogP contribution < -0.4 is 5.32 Å². The average Bonchev–Trinajstić information content (AvgIpc) is 2.45. The number of rotatable bonds is 3. The molecule has 0 saturated heterocycles. The third-order valence-electron chi connectivity index (χ3n) is 1.83. The van der Waals surface area contributed by atoms with Crippen LogP contribution in [0.4, 0.5) is 0 Å². The van der Waals surface area contributed by atoms with E-state index >= 15 is 0 Å². The molecule has 0 atom stereocenters. The molecule has 1 amide bonds. The summed E-state index contributed by atoms with van der Waals surface area (Å²) < 4.78 is 4.90. The summed E-state index contributed by atoms with van der Waals surface area (Å²) in [5.74, 6) is 0.804. The molecule has 0 aliphatic carbocycles. The fourth-order valence-corrected chi connectivity index (χ4v) is 1.23. The standard InChI is InChI=1S/C11H18N2O2/c1-8-5-9(13-15-8)7-12-10(14)6-11(2,3)4/h5H,6-7H2,1-4H3,(H,12,14). The number of hydrogen-bond acceptors (Lipinski definition) is 3. The minimum absolute atomic E-state index is 0.0177. The summed E-state index contributed by atoms with van der Waals surface area (Å²) in [5, 5.41) is 6.60. The first kappa shape index (κ1) is 11.8. The predicted octanol–water partition coefficient (Wildman–Crippen LogP) is 2.04. The lowest BCUT2D eigenvalue weighted by Crippen LogP contribution is -2.27. The van der Waals surface area contributed by atoms with Crippen LogP contribution in [0, 0.1) is 12.3 Å². The molecule has 1 heterocycles. The fraction of sp³-hybridized carbons (Fsp3) is 0.636. The molecule has 1 rings (SSSR count). The maximum atomic E-state index is 11.5. The Balaban J connectivity index is 2.35. The largest absolute Gasteiger partial charge is 0.361 e. The third kappa shape index (κ3) is 4.63. The van der Waals surface area contributed by atoms with Crippen molar-refractivity contribution in [3.8, 4) is 0 Å². The Morgan fingerprint density at radius 3 is 2.67 bits per heavy atom. The highest BCUT2D eigenvalue weighted by atomic mass is 16.5. The van der Waals surface area contributed by atoms with E-state index in [2.05, 4.69) is 10.5 Å². The van der Waals surface area contributed by atoms with Crippen LogP contribution in [0.3, 0.4) is 0 Å². The molecule has 15 heavy (non-hydrogen) atoms. The topological polar surface area (TPSA) is 55.1 Å². The van der Waals surface area contributed by atoms with E-state index < -0.39 is 0 Å². The van der Waals surface area contributed by atoms with E-state index in [1.807, 2.05) is 33.8 Å². The molecule has 1 aromatic heterocycles. The lowest BCUT2D eigenvalue weighted by atomic mass is 9.92. The molecule has 1 aromatic rings. The molecule has 0 aliphatic rings. The van der Waals surface area contributed by atoms with Gasteiger partial charge in [0.15, 0.2) is 0 Å². The third-order valence-corrected chi connectivity index (χ3v) is 1.83.